The predicted molar refractivity (Wildman–Crippen MR) is 129 cm³/mol. The molecule has 0 aliphatic carbocycles. The largest absolute Gasteiger partial charge is 0.457 e. The van der Waals surface area contributed by atoms with Crippen LogP contribution in [0.25, 0.3) is 0 Å². The van der Waals surface area contributed by atoms with E-state index in [1.165, 1.54) is 22.5 Å². The van der Waals surface area contributed by atoms with Gasteiger partial charge in [0.05, 0.1) is 11.4 Å². The average molecular weight is 406 g/mol. The summed E-state index contributed by atoms with van der Waals surface area (Å²) < 4.78 is 6.36. The summed E-state index contributed by atoms with van der Waals surface area (Å²) in [5.74, 6) is 1.77. The van der Waals surface area contributed by atoms with Crippen LogP contribution < -0.4 is 9.64 Å². The molecule has 0 fully saturated rings. The van der Waals surface area contributed by atoms with Crippen LogP contribution in [0.15, 0.2) is 91.0 Å². The van der Waals surface area contributed by atoms with Crippen LogP contribution in [0, 0.1) is 13.8 Å². The number of anilines is 3. The van der Waals surface area contributed by atoms with Crippen molar-refractivity contribution in [1.82, 2.24) is 0 Å². The normalized spacial score (nSPS) is 14.0. The second kappa shape index (κ2) is 7.31. The molecule has 0 radical (unpaired) electrons. The number of para-hydroxylation sites is 3. The minimum Gasteiger partial charge on any atom is -0.457 e. The molecule has 1 heterocycles. The van der Waals surface area contributed by atoms with Gasteiger partial charge in [0, 0.05) is 17.2 Å². The Balaban J connectivity index is 1.67. The lowest BCUT2D eigenvalue weighted by Crippen LogP contribution is -2.30. The van der Waals surface area contributed by atoms with Gasteiger partial charge in [0.15, 0.2) is 0 Å². The third-order valence-electron chi connectivity index (χ3n) is 6.38. The highest BCUT2D eigenvalue weighted by Gasteiger charge is 2.36. The van der Waals surface area contributed by atoms with Crippen LogP contribution in [0.3, 0.4) is 0 Å². The fourth-order valence-electron chi connectivity index (χ4n) is 4.57. The van der Waals surface area contributed by atoms with Crippen molar-refractivity contribution in [2.45, 2.75) is 33.1 Å². The summed E-state index contributed by atoms with van der Waals surface area (Å²) in [7, 11) is 0. The average Bonchev–Trinajstić information content (AvgIpc) is 2.78. The molecular formula is C29H27NO. The molecule has 154 valence electrons. The first kappa shape index (κ1) is 19.4. The lowest BCUT2D eigenvalue weighted by atomic mass is 9.73. The van der Waals surface area contributed by atoms with Gasteiger partial charge < -0.3 is 9.64 Å². The van der Waals surface area contributed by atoms with E-state index in [1.807, 2.05) is 18.2 Å². The molecular weight excluding hydrogens is 378 g/mol. The summed E-state index contributed by atoms with van der Waals surface area (Å²) in [6, 6.07) is 32.1. The maximum atomic E-state index is 6.36. The second-order valence-electron chi connectivity index (χ2n) is 8.81. The third kappa shape index (κ3) is 3.19. The second-order valence-corrected chi connectivity index (χ2v) is 8.81. The SMILES string of the molecule is Cc1ccccc1Oc1cc(N2c3ccccc3C(C)(C)c3ccccc32)ccc1C. The van der Waals surface area contributed by atoms with Crippen molar-refractivity contribution in [2.75, 3.05) is 4.90 Å². The molecule has 0 saturated carbocycles. The molecule has 0 aromatic heterocycles. The number of hydrogen-bond acceptors (Lipinski definition) is 2. The van der Waals surface area contributed by atoms with Gasteiger partial charge in [-0.2, -0.15) is 0 Å². The first-order valence-electron chi connectivity index (χ1n) is 10.8. The van der Waals surface area contributed by atoms with E-state index in [-0.39, 0.29) is 5.41 Å². The topological polar surface area (TPSA) is 12.5 Å². The molecule has 0 unspecified atom stereocenters. The van der Waals surface area contributed by atoms with Crippen molar-refractivity contribution < 1.29 is 4.74 Å². The number of ether oxygens (including phenoxy) is 1. The van der Waals surface area contributed by atoms with Crippen molar-refractivity contribution in [2.24, 2.45) is 0 Å². The molecule has 0 bridgehead atoms. The van der Waals surface area contributed by atoms with Gasteiger partial charge in [-0.3, -0.25) is 0 Å². The zero-order valence-electron chi connectivity index (χ0n) is 18.5. The van der Waals surface area contributed by atoms with E-state index in [9.17, 15) is 0 Å². The Labute approximate surface area is 184 Å². The van der Waals surface area contributed by atoms with E-state index in [2.05, 4.69) is 105 Å². The van der Waals surface area contributed by atoms with E-state index < -0.39 is 0 Å². The summed E-state index contributed by atoms with van der Waals surface area (Å²) in [6.07, 6.45) is 0. The van der Waals surface area contributed by atoms with Crippen LogP contribution in [0.4, 0.5) is 17.1 Å². The molecule has 31 heavy (non-hydrogen) atoms. The summed E-state index contributed by atoms with van der Waals surface area (Å²) >= 11 is 0. The van der Waals surface area contributed by atoms with Crippen molar-refractivity contribution in [3.63, 3.8) is 0 Å². The predicted octanol–water partition coefficient (Wildman–Crippen LogP) is 8.20. The minimum absolute atomic E-state index is 0.0607. The molecule has 0 amide bonds. The Morgan fingerprint density at radius 3 is 1.81 bits per heavy atom. The van der Waals surface area contributed by atoms with E-state index in [1.54, 1.807) is 0 Å². The number of hydrogen-bond donors (Lipinski definition) is 0. The number of benzene rings is 4. The Morgan fingerprint density at radius 2 is 1.16 bits per heavy atom. The van der Waals surface area contributed by atoms with Crippen molar-refractivity contribution in [3.05, 3.63) is 113 Å². The van der Waals surface area contributed by atoms with Crippen LogP contribution in [-0.4, -0.2) is 0 Å². The number of fused-ring (bicyclic) bond motifs is 2. The molecule has 4 aromatic rings. The van der Waals surface area contributed by atoms with Gasteiger partial charge in [0.1, 0.15) is 11.5 Å². The Bertz CT molecular complexity index is 1220. The van der Waals surface area contributed by atoms with Gasteiger partial charge in [-0.1, -0.05) is 74.5 Å². The molecule has 2 heteroatoms. The Kier molecular flexibility index (Phi) is 4.59. The highest BCUT2D eigenvalue weighted by atomic mass is 16.5. The quantitative estimate of drug-likeness (QED) is 0.340. The maximum Gasteiger partial charge on any atom is 0.132 e. The summed E-state index contributed by atoms with van der Waals surface area (Å²) in [4.78, 5) is 2.36. The smallest absolute Gasteiger partial charge is 0.132 e. The van der Waals surface area contributed by atoms with E-state index in [4.69, 9.17) is 4.74 Å². The molecule has 1 aliphatic rings. The van der Waals surface area contributed by atoms with E-state index in [0.29, 0.717) is 0 Å². The number of rotatable bonds is 3. The first-order chi connectivity index (χ1) is 15.0. The van der Waals surface area contributed by atoms with Gasteiger partial charge in [0.25, 0.3) is 0 Å². The minimum atomic E-state index is -0.0607. The standard InChI is InChI=1S/C29H27NO/c1-20-11-5-10-16-27(20)31-28-19-22(18-17-21(28)2)30-25-14-8-6-12-23(25)29(3,4)24-13-7-9-15-26(24)30/h5-19H,1-4H3. The van der Waals surface area contributed by atoms with Crippen LogP contribution in [0.5, 0.6) is 11.5 Å². The maximum absolute atomic E-state index is 6.36. The number of nitrogens with zero attached hydrogens (tertiary/aromatic N) is 1. The van der Waals surface area contributed by atoms with Gasteiger partial charge in [-0.15, -0.1) is 0 Å². The highest BCUT2D eigenvalue weighted by Crippen LogP contribution is 2.52. The summed E-state index contributed by atoms with van der Waals surface area (Å²) in [5, 5.41) is 0. The molecule has 0 spiro atoms. The van der Waals surface area contributed by atoms with Crippen LogP contribution in [-0.2, 0) is 5.41 Å². The van der Waals surface area contributed by atoms with Gasteiger partial charge >= 0.3 is 0 Å². The number of aryl methyl sites for hydroxylation is 2. The first-order valence-corrected chi connectivity index (χ1v) is 10.8. The van der Waals surface area contributed by atoms with E-state index in [0.717, 1.165) is 28.3 Å². The van der Waals surface area contributed by atoms with Gasteiger partial charge in [-0.05, 0) is 60.4 Å². The van der Waals surface area contributed by atoms with Gasteiger partial charge in [-0.25, -0.2) is 0 Å². The van der Waals surface area contributed by atoms with Crippen LogP contribution in [0.1, 0.15) is 36.1 Å². The zero-order valence-corrected chi connectivity index (χ0v) is 18.5. The zero-order chi connectivity index (χ0) is 21.6. The molecule has 0 atom stereocenters. The fourth-order valence-corrected chi connectivity index (χ4v) is 4.57. The highest BCUT2D eigenvalue weighted by molar-refractivity contribution is 5.86. The Hall–Kier alpha value is -3.52. The lowest BCUT2D eigenvalue weighted by Gasteiger charge is -2.42. The summed E-state index contributed by atoms with van der Waals surface area (Å²) in [5.41, 5.74) is 8.38. The van der Waals surface area contributed by atoms with Crippen LogP contribution >= 0.6 is 0 Å². The monoisotopic (exact) mass is 405 g/mol. The van der Waals surface area contributed by atoms with Gasteiger partial charge in [0.2, 0.25) is 0 Å². The van der Waals surface area contributed by atoms with E-state index >= 15 is 0 Å². The lowest BCUT2D eigenvalue weighted by molar-refractivity contribution is 0.475. The molecule has 0 saturated heterocycles. The molecule has 2 nitrogen and oxygen atoms in total. The van der Waals surface area contributed by atoms with Crippen molar-refractivity contribution in [3.8, 4) is 11.5 Å². The molecule has 1 aliphatic heterocycles. The third-order valence-corrected chi connectivity index (χ3v) is 6.38. The summed E-state index contributed by atoms with van der Waals surface area (Å²) in [6.45, 7) is 8.79. The molecule has 0 N–H and O–H groups in total. The molecule has 5 rings (SSSR count). The van der Waals surface area contributed by atoms with Crippen molar-refractivity contribution in [1.29, 1.82) is 0 Å². The Morgan fingerprint density at radius 1 is 0.613 bits per heavy atom. The fraction of sp³-hybridized carbons (Fsp3) is 0.172. The van der Waals surface area contributed by atoms with Crippen LogP contribution in [0.2, 0.25) is 0 Å². The van der Waals surface area contributed by atoms with Crippen molar-refractivity contribution >= 4 is 17.1 Å². The molecule has 4 aromatic carbocycles.